The molecule has 0 aromatic heterocycles. The lowest BCUT2D eigenvalue weighted by atomic mass is 10.1. The molecule has 2 rings (SSSR count). The van der Waals surface area contributed by atoms with Crippen molar-refractivity contribution >= 4 is 23.5 Å². The van der Waals surface area contributed by atoms with E-state index in [1.807, 2.05) is 4.90 Å². The van der Waals surface area contributed by atoms with Crippen molar-refractivity contribution in [3.63, 3.8) is 0 Å². The number of nitrogens with zero attached hydrogens (tertiary/aromatic N) is 1. The maximum atomic E-state index is 11.0. The smallest absolute Gasteiger partial charge is 0.341 e. The average molecular weight is 314 g/mol. The number of carboxylic acid groups (broad SMARTS) is 2. The number of hydrogen-bond acceptors (Lipinski definition) is 4. The lowest BCUT2D eigenvalue weighted by Gasteiger charge is -2.18. The summed E-state index contributed by atoms with van der Waals surface area (Å²) in [7, 11) is 0. The molecule has 21 heavy (non-hydrogen) atoms. The van der Waals surface area contributed by atoms with Gasteiger partial charge in [-0.05, 0) is 31.2 Å². The second-order valence-corrected chi connectivity index (χ2v) is 5.43. The first-order valence-corrected chi connectivity index (χ1v) is 6.91. The summed E-state index contributed by atoms with van der Waals surface area (Å²) in [6.45, 7) is 1.22. The monoisotopic (exact) mass is 313 g/mol. The number of benzene rings is 1. The van der Waals surface area contributed by atoms with E-state index in [0.29, 0.717) is 36.8 Å². The molecule has 1 atom stereocenters. The highest BCUT2D eigenvalue weighted by Gasteiger charge is 2.28. The van der Waals surface area contributed by atoms with Crippen LogP contribution in [0.3, 0.4) is 0 Å². The zero-order valence-electron chi connectivity index (χ0n) is 11.3. The molecule has 0 spiro atoms. The van der Waals surface area contributed by atoms with Crippen molar-refractivity contribution in [2.45, 2.75) is 13.0 Å². The quantitative estimate of drug-likeness (QED) is 0.831. The maximum absolute atomic E-state index is 11.0. The lowest BCUT2D eigenvalue weighted by Crippen LogP contribution is -2.23. The summed E-state index contributed by atoms with van der Waals surface area (Å²) in [5, 5.41) is 18.2. The van der Waals surface area contributed by atoms with Crippen LogP contribution >= 0.6 is 11.6 Å². The van der Waals surface area contributed by atoms with Gasteiger partial charge in [0.1, 0.15) is 5.75 Å². The molecule has 1 aliphatic heterocycles. The number of halogens is 1. The number of carboxylic acids is 2. The van der Waals surface area contributed by atoms with Crippen molar-refractivity contribution in [2.75, 3.05) is 19.7 Å². The molecule has 6 nitrogen and oxygen atoms in total. The lowest BCUT2D eigenvalue weighted by molar-refractivity contribution is -0.141. The summed E-state index contributed by atoms with van der Waals surface area (Å²) < 4.78 is 5.24. The van der Waals surface area contributed by atoms with Crippen LogP contribution in [0.2, 0.25) is 5.02 Å². The van der Waals surface area contributed by atoms with Gasteiger partial charge in [0.2, 0.25) is 0 Å². The molecule has 1 aromatic rings. The Morgan fingerprint density at radius 3 is 2.76 bits per heavy atom. The van der Waals surface area contributed by atoms with E-state index in [4.69, 9.17) is 26.6 Å². The summed E-state index contributed by atoms with van der Waals surface area (Å²) >= 11 is 5.96. The van der Waals surface area contributed by atoms with E-state index in [-0.39, 0.29) is 5.92 Å². The maximum Gasteiger partial charge on any atom is 0.341 e. The van der Waals surface area contributed by atoms with Crippen LogP contribution in [-0.4, -0.2) is 46.7 Å². The third-order valence-corrected chi connectivity index (χ3v) is 3.62. The van der Waals surface area contributed by atoms with Crippen LogP contribution in [0.25, 0.3) is 0 Å². The van der Waals surface area contributed by atoms with Crippen molar-refractivity contribution in [3.05, 3.63) is 28.8 Å². The van der Waals surface area contributed by atoms with Crippen molar-refractivity contribution in [2.24, 2.45) is 5.92 Å². The van der Waals surface area contributed by atoms with Gasteiger partial charge in [0.15, 0.2) is 6.61 Å². The van der Waals surface area contributed by atoms with Crippen molar-refractivity contribution in [1.82, 2.24) is 4.90 Å². The number of hydrogen-bond donors (Lipinski definition) is 2. The van der Waals surface area contributed by atoms with Crippen LogP contribution in [0.5, 0.6) is 5.75 Å². The molecule has 1 aromatic carbocycles. The standard InChI is InChI=1S/C14H16ClNO5/c15-11-1-2-12(21-8-13(17)18)10(5-11)7-16-4-3-9(6-16)14(19)20/h1-2,5,9H,3-4,6-8H2,(H,17,18)(H,19,20)/t9-/m0/s1. The predicted octanol–water partition coefficient (Wildman–Crippen LogP) is 1.71. The van der Waals surface area contributed by atoms with Crippen LogP contribution in [0, 0.1) is 5.92 Å². The normalized spacial score (nSPS) is 18.6. The van der Waals surface area contributed by atoms with E-state index >= 15 is 0 Å². The predicted molar refractivity (Wildman–Crippen MR) is 75.6 cm³/mol. The molecular formula is C14H16ClNO5. The minimum Gasteiger partial charge on any atom is -0.482 e. The number of rotatable bonds is 6. The summed E-state index contributed by atoms with van der Waals surface area (Å²) in [6.07, 6.45) is 0.612. The largest absolute Gasteiger partial charge is 0.482 e. The minimum atomic E-state index is -1.05. The number of likely N-dealkylation sites (tertiary alicyclic amines) is 1. The number of carbonyl (C=O) groups is 2. The molecule has 1 aliphatic rings. The molecule has 0 bridgehead atoms. The van der Waals surface area contributed by atoms with Crippen LogP contribution < -0.4 is 4.74 Å². The Kier molecular flexibility index (Phi) is 5.03. The second kappa shape index (κ2) is 6.78. The number of ether oxygens (including phenoxy) is 1. The fourth-order valence-electron chi connectivity index (χ4n) is 2.37. The summed E-state index contributed by atoms with van der Waals surface area (Å²) in [6, 6.07) is 4.98. The zero-order valence-corrected chi connectivity index (χ0v) is 12.0. The number of aliphatic carboxylic acids is 2. The highest BCUT2D eigenvalue weighted by atomic mass is 35.5. The molecule has 0 unspecified atom stereocenters. The molecule has 2 N–H and O–H groups in total. The van der Waals surface area contributed by atoms with Gasteiger partial charge < -0.3 is 14.9 Å². The van der Waals surface area contributed by atoms with E-state index in [2.05, 4.69) is 0 Å². The topological polar surface area (TPSA) is 87.1 Å². The first-order chi connectivity index (χ1) is 9.95. The van der Waals surface area contributed by atoms with Gasteiger partial charge in [-0.1, -0.05) is 11.6 Å². The fraction of sp³-hybridized carbons (Fsp3) is 0.429. The van der Waals surface area contributed by atoms with Crippen molar-refractivity contribution < 1.29 is 24.5 Å². The average Bonchev–Trinajstić information content (AvgIpc) is 2.86. The van der Waals surface area contributed by atoms with E-state index in [1.165, 1.54) is 0 Å². The molecule has 1 fully saturated rings. The Balaban J connectivity index is 2.06. The summed E-state index contributed by atoms with van der Waals surface area (Å²) in [4.78, 5) is 23.5. The van der Waals surface area contributed by atoms with E-state index in [9.17, 15) is 9.59 Å². The fourth-order valence-corrected chi connectivity index (χ4v) is 2.57. The third kappa shape index (κ3) is 4.34. The summed E-state index contributed by atoms with van der Waals surface area (Å²) in [5.41, 5.74) is 0.759. The molecule has 114 valence electrons. The van der Waals surface area contributed by atoms with Crippen LogP contribution in [-0.2, 0) is 16.1 Å². The van der Waals surface area contributed by atoms with Crippen molar-refractivity contribution in [1.29, 1.82) is 0 Å². The third-order valence-electron chi connectivity index (χ3n) is 3.39. The van der Waals surface area contributed by atoms with Crippen LogP contribution in [0.1, 0.15) is 12.0 Å². The Labute approximate surface area is 126 Å². The molecule has 1 saturated heterocycles. The van der Waals surface area contributed by atoms with E-state index < -0.39 is 18.5 Å². The molecule has 0 saturated carbocycles. The first kappa shape index (κ1) is 15.6. The van der Waals surface area contributed by atoms with Gasteiger partial charge in [0.25, 0.3) is 0 Å². The van der Waals surface area contributed by atoms with Crippen LogP contribution in [0.15, 0.2) is 18.2 Å². The Morgan fingerprint density at radius 2 is 2.14 bits per heavy atom. The second-order valence-electron chi connectivity index (χ2n) is 4.99. The Hall–Kier alpha value is -1.79. The SMILES string of the molecule is O=C(O)COc1ccc(Cl)cc1CN1CC[C@H](C(=O)O)C1. The van der Waals surface area contributed by atoms with Crippen molar-refractivity contribution in [3.8, 4) is 5.75 Å². The van der Waals surface area contributed by atoms with Gasteiger partial charge >= 0.3 is 11.9 Å². The van der Waals surface area contributed by atoms with Gasteiger partial charge in [0.05, 0.1) is 5.92 Å². The molecule has 0 aliphatic carbocycles. The summed E-state index contributed by atoms with van der Waals surface area (Å²) in [5.74, 6) is -1.73. The minimum absolute atomic E-state index is 0.354. The first-order valence-electron chi connectivity index (χ1n) is 6.54. The molecule has 7 heteroatoms. The Bertz CT molecular complexity index is 548. The molecule has 0 amide bonds. The zero-order chi connectivity index (χ0) is 15.4. The van der Waals surface area contributed by atoms with Crippen LogP contribution in [0.4, 0.5) is 0 Å². The molecule has 1 heterocycles. The highest BCUT2D eigenvalue weighted by molar-refractivity contribution is 6.30. The highest BCUT2D eigenvalue weighted by Crippen LogP contribution is 2.27. The van der Waals surface area contributed by atoms with Gasteiger partial charge in [-0.2, -0.15) is 0 Å². The van der Waals surface area contributed by atoms with Gasteiger partial charge in [-0.25, -0.2) is 4.79 Å². The van der Waals surface area contributed by atoms with Gasteiger partial charge in [0, 0.05) is 23.7 Å². The molecule has 0 radical (unpaired) electrons. The van der Waals surface area contributed by atoms with E-state index in [1.54, 1.807) is 18.2 Å². The van der Waals surface area contributed by atoms with Gasteiger partial charge in [-0.15, -0.1) is 0 Å². The van der Waals surface area contributed by atoms with E-state index in [0.717, 1.165) is 5.56 Å². The molecular weight excluding hydrogens is 298 g/mol. The Morgan fingerprint density at radius 1 is 1.38 bits per heavy atom. The van der Waals surface area contributed by atoms with Gasteiger partial charge in [-0.3, -0.25) is 9.69 Å².